The maximum Gasteiger partial charge on any atom is 0.0621 e. The van der Waals surface area contributed by atoms with E-state index >= 15 is 0 Å². The fraction of sp³-hybridized carbons (Fsp3) is 0.583. The minimum atomic E-state index is 0.317. The van der Waals surface area contributed by atoms with Crippen molar-refractivity contribution in [3.05, 3.63) is 29.0 Å². The minimum Gasteiger partial charge on any atom is -0.263 e. The van der Waals surface area contributed by atoms with Crippen LogP contribution >= 0.6 is 23.2 Å². The molecule has 1 aromatic heterocycles. The fourth-order valence-corrected chi connectivity index (χ4v) is 3.08. The maximum absolute atomic E-state index is 6.16. The van der Waals surface area contributed by atoms with Crippen LogP contribution in [-0.2, 0) is 6.42 Å². The van der Waals surface area contributed by atoms with Gasteiger partial charge in [-0.3, -0.25) is 4.98 Å². The lowest BCUT2D eigenvalue weighted by Gasteiger charge is -2.24. The van der Waals surface area contributed by atoms with Crippen LogP contribution in [0.2, 0.25) is 5.02 Å². The van der Waals surface area contributed by atoms with Gasteiger partial charge in [0, 0.05) is 17.8 Å². The lowest BCUT2D eigenvalue weighted by molar-refractivity contribution is 0.335. The number of rotatable bonds is 2. The Morgan fingerprint density at radius 3 is 3.00 bits per heavy atom. The van der Waals surface area contributed by atoms with Gasteiger partial charge in [-0.15, -0.1) is 11.6 Å². The summed E-state index contributed by atoms with van der Waals surface area (Å²) in [5.41, 5.74) is 1.51. The smallest absolute Gasteiger partial charge is 0.0621 e. The van der Waals surface area contributed by atoms with Gasteiger partial charge in [-0.05, 0) is 42.7 Å². The van der Waals surface area contributed by atoms with Gasteiger partial charge in [-0.2, -0.15) is 0 Å². The van der Waals surface area contributed by atoms with Crippen LogP contribution in [0.15, 0.2) is 18.5 Å². The summed E-state index contributed by atoms with van der Waals surface area (Å²) in [6, 6.07) is 2.01. The van der Waals surface area contributed by atoms with Crippen molar-refractivity contribution in [1.29, 1.82) is 0 Å². The van der Waals surface area contributed by atoms with E-state index in [4.69, 9.17) is 23.2 Å². The van der Waals surface area contributed by atoms with Gasteiger partial charge >= 0.3 is 0 Å². The lowest BCUT2D eigenvalue weighted by atomic mass is 9.82. The predicted octanol–water partition coefficient (Wildman–Crippen LogP) is 4.08. The molecule has 0 bridgehead atoms. The Hall–Kier alpha value is -0.270. The number of halogens is 2. The van der Waals surface area contributed by atoms with Gasteiger partial charge in [-0.1, -0.05) is 18.5 Å². The number of nitrogens with zero attached hydrogens (tertiary/aromatic N) is 1. The lowest BCUT2D eigenvalue weighted by Crippen LogP contribution is -2.16. The van der Waals surface area contributed by atoms with Crippen LogP contribution in [0.1, 0.15) is 31.7 Å². The molecule has 0 amide bonds. The molecule has 0 saturated heterocycles. The van der Waals surface area contributed by atoms with Gasteiger partial charge in [0.25, 0.3) is 0 Å². The molecule has 15 heavy (non-hydrogen) atoms. The van der Waals surface area contributed by atoms with Crippen molar-refractivity contribution in [2.45, 2.75) is 38.0 Å². The highest BCUT2D eigenvalue weighted by Crippen LogP contribution is 2.43. The molecular weight excluding hydrogens is 229 g/mol. The number of pyridine rings is 1. The molecule has 2 unspecified atom stereocenters. The average Bonchev–Trinajstić information content (AvgIpc) is 2.51. The summed E-state index contributed by atoms with van der Waals surface area (Å²) in [6.07, 6.45) is 7.94. The molecule has 0 spiro atoms. The quantitative estimate of drug-likeness (QED) is 0.714. The third-order valence-corrected chi connectivity index (χ3v) is 3.96. The summed E-state index contributed by atoms with van der Waals surface area (Å²) in [5.74, 6) is 0. The van der Waals surface area contributed by atoms with Crippen LogP contribution in [0.3, 0.4) is 0 Å². The number of aromatic nitrogens is 1. The summed E-state index contributed by atoms with van der Waals surface area (Å²) in [7, 11) is 0. The van der Waals surface area contributed by atoms with Gasteiger partial charge in [0.1, 0.15) is 0 Å². The molecule has 0 aliphatic heterocycles. The highest BCUT2D eigenvalue weighted by atomic mass is 35.5. The van der Waals surface area contributed by atoms with Crippen LogP contribution in [-0.4, -0.2) is 10.4 Å². The predicted molar refractivity (Wildman–Crippen MR) is 64.6 cm³/mol. The maximum atomic E-state index is 6.16. The highest BCUT2D eigenvalue weighted by molar-refractivity contribution is 6.31. The van der Waals surface area contributed by atoms with E-state index in [0.717, 1.165) is 24.3 Å². The summed E-state index contributed by atoms with van der Waals surface area (Å²) in [5, 5.41) is 1.12. The molecule has 82 valence electrons. The molecule has 1 heterocycles. The summed E-state index contributed by atoms with van der Waals surface area (Å²) in [6.45, 7) is 2.30. The summed E-state index contributed by atoms with van der Waals surface area (Å²) >= 11 is 12.3. The van der Waals surface area contributed by atoms with E-state index < -0.39 is 0 Å². The van der Waals surface area contributed by atoms with E-state index in [-0.39, 0.29) is 0 Å². The third-order valence-electron chi connectivity index (χ3n) is 3.25. The van der Waals surface area contributed by atoms with Crippen LogP contribution in [0.4, 0.5) is 0 Å². The summed E-state index contributed by atoms with van der Waals surface area (Å²) < 4.78 is 0. The molecular formula is C12H15Cl2N. The van der Waals surface area contributed by atoms with Gasteiger partial charge < -0.3 is 0 Å². The van der Waals surface area contributed by atoms with Crippen LogP contribution < -0.4 is 0 Å². The Morgan fingerprint density at radius 2 is 2.40 bits per heavy atom. The summed E-state index contributed by atoms with van der Waals surface area (Å²) in [4.78, 5) is 4.00. The van der Waals surface area contributed by atoms with E-state index in [9.17, 15) is 0 Å². The molecule has 0 N–H and O–H groups in total. The van der Waals surface area contributed by atoms with E-state index in [2.05, 4.69) is 11.9 Å². The zero-order chi connectivity index (χ0) is 10.9. The van der Waals surface area contributed by atoms with Crippen molar-refractivity contribution in [1.82, 2.24) is 4.98 Å². The standard InChI is InChI=1S/C12H15Cl2N/c1-12(4-2-10(13)7-12)6-9-3-5-15-8-11(9)14/h3,5,8,10H,2,4,6-7H2,1H3. The van der Waals surface area contributed by atoms with Crippen molar-refractivity contribution < 1.29 is 0 Å². The fourth-order valence-electron chi connectivity index (χ4n) is 2.41. The molecule has 0 aromatic carbocycles. The minimum absolute atomic E-state index is 0.317. The Balaban J connectivity index is 2.12. The number of hydrogen-bond donors (Lipinski definition) is 0. The van der Waals surface area contributed by atoms with E-state index in [1.165, 1.54) is 12.0 Å². The van der Waals surface area contributed by atoms with Crippen molar-refractivity contribution >= 4 is 23.2 Å². The molecule has 1 nitrogen and oxygen atoms in total. The first-order valence-electron chi connectivity index (χ1n) is 5.31. The SMILES string of the molecule is CC1(Cc2ccncc2Cl)CCC(Cl)C1. The largest absolute Gasteiger partial charge is 0.263 e. The molecule has 1 saturated carbocycles. The van der Waals surface area contributed by atoms with Gasteiger partial charge in [0.15, 0.2) is 0 Å². The normalized spacial score (nSPS) is 30.7. The van der Waals surface area contributed by atoms with E-state index in [0.29, 0.717) is 10.8 Å². The van der Waals surface area contributed by atoms with Gasteiger partial charge in [0.05, 0.1) is 5.02 Å². The van der Waals surface area contributed by atoms with Gasteiger partial charge in [-0.25, -0.2) is 0 Å². The topological polar surface area (TPSA) is 12.9 Å². The second-order valence-corrected chi connectivity index (χ2v) is 5.82. The van der Waals surface area contributed by atoms with Crippen molar-refractivity contribution in [2.24, 2.45) is 5.41 Å². The first-order valence-corrected chi connectivity index (χ1v) is 6.13. The van der Waals surface area contributed by atoms with Gasteiger partial charge in [0.2, 0.25) is 0 Å². The third kappa shape index (κ3) is 2.64. The molecule has 3 heteroatoms. The monoisotopic (exact) mass is 243 g/mol. The Bertz CT molecular complexity index is 353. The van der Waals surface area contributed by atoms with E-state index in [1.807, 2.05) is 6.07 Å². The second kappa shape index (κ2) is 4.31. The number of alkyl halides is 1. The molecule has 0 radical (unpaired) electrons. The van der Waals surface area contributed by atoms with Crippen molar-refractivity contribution in [3.8, 4) is 0 Å². The zero-order valence-corrected chi connectivity index (χ0v) is 10.4. The average molecular weight is 244 g/mol. The first kappa shape index (κ1) is 11.2. The van der Waals surface area contributed by atoms with Crippen LogP contribution in [0.5, 0.6) is 0 Å². The number of hydrogen-bond acceptors (Lipinski definition) is 1. The highest BCUT2D eigenvalue weighted by Gasteiger charge is 2.34. The Labute approximate surface area is 101 Å². The van der Waals surface area contributed by atoms with Crippen LogP contribution in [0.25, 0.3) is 0 Å². The molecule has 1 aromatic rings. The van der Waals surface area contributed by atoms with E-state index in [1.54, 1.807) is 12.4 Å². The molecule has 1 aliphatic rings. The molecule has 2 rings (SSSR count). The second-order valence-electron chi connectivity index (χ2n) is 4.79. The molecule has 1 fully saturated rings. The van der Waals surface area contributed by atoms with Crippen molar-refractivity contribution in [2.75, 3.05) is 0 Å². The van der Waals surface area contributed by atoms with Crippen molar-refractivity contribution in [3.63, 3.8) is 0 Å². The molecule has 1 aliphatic carbocycles. The molecule has 2 atom stereocenters. The first-order chi connectivity index (χ1) is 7.09. The Morgan fingerprint density at radius 1 is 1.60 bits per heavy atom. The zero-order valence-electron chi connectivity index (χ0n) is 8.84. The Kier molecular flexibility index (Phi) is 3.22. The van der Waals surface area contributed by atoms with Crippen LogP contribution in [0, 0.1) is 5.41 Å².